The van der Waals surface area contributed by atoms with Crippen LogP contribution in [-0.2, 0) is 23.8 Å². The fourth-order valence-electron chi connectivity index (χ4n) is 4.21. The molecule has 7 nitrogen and oxygen atoms in total. The standard InChI is InChI=1S/C25H20F3N3O4S/c26-25(27,28)18-19(13-4-2-1-3-5-13)31-35-21(18)24-30-17-9-7-14-12-15(6-8-16(14)22(17)36-24)20(33)23(34)29-10-11-32/h1-6,8,12,20,32-33H,7,9-11H2,(H,29,34). The Hall–Kier alpha value is -3.54. The van der Waals surface area contributed by atoms with E-state index in [1.165, 1.54) is 12.1 Å². The van der Waals surface area contributed by atoms with Crippen molar-refractivity contribution < 1.29 is 32.7 Å². The molecule has 11 heteroatoms. The lowest BCUT2D eigenvalue weighted by molar-refractivity contribution is -0.136. The third-order valence-corrected chi connectivity index (χ3v) is 7.02. The average molecular weight is 516 g/mol. The van der Waals surface area contributed by atoms with Crippen LogP contribution in [0.5, 0.6) is 0 Å². The highest BCUT2D eigenvalue weighted by molar-refractivity contribution is 7.18. The van der Waals surface area contributed by atoms with E-state index >= 15 is 0 Å². The summed E-state index contributed by atoms with van der Waals surface area (Å²) in [5.74, 6) is -1.05. The molecule has 5 rings (SSSR count). The third-order valence-electron chi connectivity index (χ3n) is 5.89. The van der Waals surface area contributed by atoms with Crippen molar-refractivity contribution in [2.45, 2.75) is 25.1 Å². The highest BCUT2D eigenvalue weighted by Gasteiger charge is 2.42. The van der Waals surface area contributed by atoms with Gasteiger partial charge in [-0.3, -0.25) is 4.79 Å². The number of nitrogens with one attached hydrogen (secondary N) is 1. The van der Waals surface area contributed by atoms with Gasteiger partial charge in [0.05, 0.1) is 17.2 Å². The smallest absolute Gasteiger partial charge is 0.395 e. The molecule has 0 aliphatic heterocycles. The molecule has 2 aromatic carbocycles. The molecule has 0 spiro atoms. The fraction of sp³-hybridized carbons (Fsp3) is 0.240. The summed E-state index contributed by atoms with van der Waals surface area (Å²) in [5, 5.41) is 25.4. The number of aryl methyl sites for hydroxylation is 2. The molecule has 1 amide bonds. The number of halogens is 3. The highest BCUT2D eigenvalue weighted by Crippen LogP contribution is 2.47. The summed E-state index contributed by atoms with van der Waals surface area (Å²) in [6.45, 7) is -0.214. The van der Waals surface area contributed by atoms with Crippen molar-refractivity contribution in [3.05, 3.63) is 70.9 Å². The number of rotatable bonds is 6. The van der Waals surface area contributed by atoms with Gasteiger partial charge in [0.2, 0.25) is 5.76 Å². The summed E-state index contributed by atoms with van der Waals surface area (Å²) in [5.41, 5.74) is 1.71. The van der Waals surface area contributed by atoms with Crippen LogP contribution in [0, 0.1) is 0 Å². The van der Waals surface area contributed by atoms with Crippen LogP contribution in [0.25, 0.3) is 32.5 Å². The second-order valence-electron chi connectivity index (χ2n) is 8.23. The van der Waals surface area contributed by atoms with Crippen molar-refractivity contribution >= 4 is 17.2 Å². The van der Waals surface area contributed by atoms with Gasteiger partial charge >= 0.3 is 6.18 Å². The number of fused-ring (bicyclic) bond motifs is 3. The van der Waals surface area contributed by atoms with Crippen LogP contribution < -0.4 is 5.32 Å². The normalized spacial score (nSPS) is 13.7. The van der Waals surface area contributed by atoms with Crippen molar-refractivity contribution in [1.82, 2.24) is 15.5 Å². The first-order valence-corrected chi connectivity index (χ1v) is 11.9. The number of aliphatic hydroxyl groups excluding tert-OH is 2. The second kappa shape index (κ2) is 9.49. The zero-order valence-corrected chi connectivity index (χ0v) is 19.5. The lowest BCUT2D eigenvalue weighted by Gasteiger charge is -2.18. The van der Waals surface area contributed by atoms with Gasteiger partial charge in [0, 0.05) is 12.1 Å². The molecule has 1 aliphatic carbocycles. The van der Waals surface area contributed by atoms with Crippen LogP contribution in [0.1, 0.15) is 28.5 Å². The largest absolute Gasteiger partial charge is 0.422 e. The summed E-state index contributed by atoms with van der Waals surface area (Å²) < 4.78 is 47.5. The van der Waals surface area contributed by atoms with E-state index in [1.807, 2.05) is 0 Å². The average Bonchev–Trinajstić information content (AvgIpc) is 3.51. The van der Waals surface area contributed by atoms with Gasteiger partial charge in [-0.1, -0.05) is 53.7 Å². The van der Waals surface area contributed by atoms with Gasteiger partial charge in [0.25, 0.3) is 5.91 Å². The number of carbonyl (C=O) groups excluding carboxylic acids is 1. The van der Waals surface area contributed by atoms with Crippen LogP contribution in [-0.4, -0.2) is 39.4 Å². The molecule has 2 aromatic heterocycles. The molecule has 186 valence electrons. The van der Waals surface area contributed by atoms with Crippen molar-refractivity contribution in [2.75, 3.05) is 13.2 Å². The first kappa shape index (κ1) is 24.2. The third kappa shape index (κ3) is 4.41. The van der Waals surface area contributed by atoms with Gasteiger partial charge in [-0.05, 0) is 29.5 Å². The van der Waals surface area contributed by atoms with Crippen molar-refractivity contribution in [2.24, 2.45) is 0 Å². The van der Waals surface area contributed by atoms with Gasteiger partial charge in [0.15, 0.2) is 11.1 Å². The quantitative estimate of drug-likeness (QED) is 0.352. The van der Waals surface area contributed by atoms with Crippen LogP contribution >= 0.6 is 11.3 Å². The van der Waals surface area contributed by atoms with Gasteiger partial charge < -0.3 is 20.1 Å². The number of nitrogens with zero attached hydrogens (tertiary/aromatic N) is 2. The predicted octanol–water partition coefficient (Wildman–Crippen LogP) is 4.39. The van der Waals surface area contributed by atoms with Gasteiger partial charge in [-0.2, -0.15) is 13.2 Å². The number of hydrogen-bond acceptors (Lipinski definition) is 7. The molecule has 0 saturated carbocycles. The minimum absolute atomic E-state index is 0.0291. The lowest BCUT2D eigenvalue weighted by Crippen LogP contribution is -2.31. The van der Waals surface area contributed by atoms with E-state index in [0.717, 1.165) is 22.5 Å². The molecule has 0 saturated heterocycles. The van der Waals surface area contributed by atoms with Gasteiger partial charge in [-0.25, -0.2) is 4.98 Å². The molecule has 1 aliphatic rings. The first-order chi connectivity index (χ1) is 17.3. The van der Waals surface area contributed by atoms with Crippen molar-refractivity contribution in [3.8, 4) is 32.5 Å². The number of amides is 1. The Labute approximate surface area is 207 Å². The van der Waals surface area contributed by atoms with Crippen LogP contribution in [0.3, 0.4) is 0 Å². The summed E-state index contributed by atoms with van der Waals surface area (Å²) in [7, 11) is 0. The van der Waals surface area contributed by atoms with E-state index in [9.17, 15) is 23.1 Å². The molecule has 36 heavy (non-hydrogen) atoms. The maximum atomic E-state index is 14.1. The number of alkyl halides is 3. The molecule has 1 atom stereocenters. The fourth-order valence-corrected chi connectivity index (χ4v) is 5.37. The second-order valence-corrected chi connectivity index (χ2v) is 9.23. The Kier molecular flexibility index (Phi) is 6.37. The number of benzene rings is 2. The SMILES string of the molecule is O=C(NCCO)C(O)c1ccc2c(c1)CCc1nc(-c3onc(-c4ccccc4)c3C(F)(F)F)sc1-2. The number of aliphatic hydroxyl groups is 2. The van der Waals surface area contributed by atoms with E-state index in [4.69, 9.17) is 9.63 Å². The highest BCUT2D eigenvalue weighted by atomic mass is 32.1. The monoisotopic (exact) mass is 515 g/mol. The molecule has 0 radical (unpaired) electrons. The van der Waals surface area contributed by atoms with Crippen LogP contribution in [0.4, 0.5) is 13.2 Å². The summed E-state index contributed by atoms with van der Waals surface area (Å²) >= 11 is 1.09. The van der Waals surface area contributed by atoms with Crippen molar-refractivity contribution in [3.63, 3.8) is 0 Å². The predicted molar refractivity (Wildman–Crippen MR) is 126 cm³/mol. The molecule has 0 fully saturated rings. The van der Waals surface area contributed by atoms with E-state index in [2.05, 4.69) is 15.5 Å². The zero-order valence-electron chi connectivity index (χ0n) is 18.7. The van der Waals surface area contributed by atoms with E-state index < -0.39 is 29.5 Å². The molecule has 2 heterocycles. The summed E-state index contributed by atoms with van der Waals surface area (Å²) in [6, 6.07) is 13.1. The van der Waals surface area contributed by atoms with Gasteiger partial charge in [0.1, 0.15) is 11.3 Å². The van der Waals surface area contributed by atoms with E-state index in [-0.39, 0.29) is 23.9 Å². The van der Waals surface area contributed by atoms with Crippen LogP contribution in [0.2, 0.25) is 0 Å². The molecule has 3 N–H and O–H groups in total. The molecule has 0 bridgehead atoms. The number of thiazole rings is 1. The Morgan fingerprint density at radius 2 is 1.94 bits per heavy atom. The Bertz CT molecular complexity index is 1420. The Morgan fingerprint density at radius 1 is 1.17 bits per heavy atom. The van der Waals surface area contributed by atoms with Crippen LogP contribution in [0.15, 0.2) is 53.1 Å². The van der Waals surface area contributed by atoms with Gasteiger partial charge in [-0.15, -0.1) is 11.3 Å². The Morgan fingerprint density at radius 3 is 2.67 bits per heavy atom. The zero-order chi connectivity index (χ0) is 25.4. The Balaban J connectivity index is 1.52. The minimum Gasteiger partial charge on any atom is -0.395 e. The van der Waals surface area contributed by atoms with E-state index in [1.54, 1.807) is 36.4 Å². The minimum atomic E-state index is -4.70. The van der Waals surface area contributed by atoms with Crippen molar-refractivity contribution in [1.29, 1.82) is 0 Å². The number of carbonyl (C=O) groups is 1. The summed E-state index contributed by atoms with van der Waals surface area (Å²) in [4.78, 5) is 17.2. The first-order valence-electron chi connectivity index (χ1n) is 11.1. The number of hydrogen-bond donors (Lipinski definition) is 3. The number of aromatic nitrogens is 2. The maximum absolute atomic E-state index is 14.1. The van der Waals surface area contributed by atoms with E-state index in [0.29, 0.717) is 34.5 Å². The maximum Gasteiger partial charge on any atom is 0.422 e. The molecular formula is C25H20F3N3O4S. The summed E-state index contributed by atoms with van der Waals surface area (Å²) in [6.07, 6.45) is -5.08. The topological polar surface area (TPSA) is 108 Å². The molecule has 4 aromatic rings. The molecule has 1 unspecified atom stereocenters. The lowest BCUT2D eigenvalue weighted by atomic mass is 9.91. The molecular weight excluding hydrogens is 495 g/mol.